The van der Waals surface area contributed by atoms with Crippen molar-refractivity contribution in [2.45, 2.75) is 22.6 Å². The summed E-state index contributed by atoms with van der Waals surface area (Å²) < 4.78 is 116. The third-order valence-corrected chi connectivity index (χ3v) is 11.0. The molecule has 0 saturated heterocycles. The average molecular weight is 1260 g/mol. The van der Waals surface area contributed by atoms with Crippen molar-refractivity contribution in [1.29, 1.82) is 0 Å². The molecule has 2 aromatic carbocycles. The number of pyridine rings is 2. The van der Waals surface area contributed by atoms with Crippen molar-refractivity contribution in [3.63, 3.8) is 0 Å². The van der Waals surface area contributed by atoms with Crippen LogP contribution in [0.4, 0.5) is 17.6 Å². The minimum absolute atomic E-state index is 0.00857. The van der Waals surface area contributed by atoms with E-state index in [9.17, 15) is 58.7 Å². The van der Waals surface area contributed by atoms with Crippen LogP contribution < -0.4 is 36.7 Å². The summed E-state index contributed by atoms with van der Waals surface area (Å²) >= 11 is 33.9. The van der Waals surface area contributed by atoms with E-state index in [1.165, 1.54) is 7.11 Å². The van der Waals surface area contributed by atoms with Crippen molar-refractivity contribution in [3.8, 4) is 46.1 Å². The van der Waals surface area contributed by atoms with Gasteiger partial charge in [-0.15, -0.1) is 47.3 Å². The highest BCUT2D eigenvalue weighted by Crippen LogP contribution is 2.40. The monoisotopic (exact) mass is 1250 g/mol. The van der Waals surface area contributed by atoms with Crippen LogP contribution in [0.5, 0.6) is 34.8 Å². The lowest BCUT2D eigenvalue weighted by Crippen LogP contribution is -2.34. The number of H-pyrrole nitrogens is 2. The first-order chi connectivity index (χ1) is 31.0. The molecule has 4 heterocycles. The Morgan fingerprint density at radius 3 is 1.33 bits per heavy atom. The summed E-state index contributed by atoms with van der Waals surface area (Å²) in [6.07, 6.45) is -2.68. The number of ether oxygens (including phenoxy) is 3. The molecule has 0 aliphatic rings. The Bertz CT molecular complexity index is 3290. The van der Waals surface area contributed by atoms with Gasteiger partial charge in [-0.05, 0) is 24.3 Å². The van der Waals surface area contributed by atoms with Gasteiger partial charge in [-0.25, -0.2) is 54.0 Å². The van der Waals surface area contributed by atoms with Crippen molar-refractivity contribution in [2.24, 2.45) is 0 Å². The number of halogens is 11. The van der Waals surface area contributed by atoms with Crippen molar-refractivity contribution < 1.29 is 53.7 Å². The Labute approximate surface area is 417 Å². The van der Waals surface area contributed by atoms with Crippen LogP contribution in [-0.4, -0.2) is 84.2 Å². The lowest BCUT2D eigenvalue weighted by molar-refractivity contribution is 0.141. The smallest absolute Gasteiger partial charge is 0.369 e. The second-order valence-corrected chi connectivity index (χ2v) is 24.4. The molecule has 0 bridgehead atoms. The Morgan fingerprint density at radius 1 is 0.657 bits per heavy atom. The number of methoxy groups -OCH3 is 1. The van der Waals surface area contributed by atoms with Gasteiger partial charge in [0.15, 0.2) is 54.1 Å². The van der Waals surface area contributed by atoms with Gasteiger partial charge in [0.05, 0.1) is 51.0 Å². The Hall–Kier alpha value is -4.56. The third-order valence-electron chi connectivity index (χ3n) is 7.63. The summed E-state index contributed by atoms with van der Waals surface area (Å²) in [5.74, 6) is -1.46. The number of aromatic hydroxyl groups is 1. The van der Waals surface area contributed by atoms with Crippen molar-refractivity contribution in [1.82, 2.24) is 39.5 Å². The molecule has 20 nitrogen and oxygen atoms in total. The number of nitrogens with zero attached hydrogens (tertiary/aromatic N) is 6. The molecular weight excluding hydrogens is 1230 g/mol. The van der Waals surface area contributed by atoms with Gasteiger partial charge in [-0.1, -0.05) is 46.4 Å². The molecule has 67 heavy (non-hydrogen) atoms. The zero-order valence-electron chi connectivity index (χ0n) is 32.9. The molecule has 4 aromatic heterocycles. The summed E-state index contributed by atoms with van der Waals surface area (Å²) in [4.78, 5) is 57.3. The maximum atomic E-state index is 13.0. The fraction of sp³-hybridized carbons (Fsp3) is 0.152. The van der Waals surface area contributed by atoms with Gasteiger partial charge in [-0.2, -0.15) is 19.6 Å². The summed E-state index contributed by atoms with van der Waals surface area (Å²) in [7, 11) is -6.22. The molecule has 6 rings (SSSR count). The standard InChI is InChI=1S/C17H12Cl2F2N4O6S.C16H10Cl2F2N4O6S.BBr3/c1-30-10-6-22-12(5-11(10)32(2,28)29)31-14-8(18)3-7(4-9(14)19)25-17(27)23-16(26)13(24-25)15(20)21;1-31(28,29)10-4-11(21-5-9(10)25)30-13-7(17)2-6(3-8(13)18)24-16(27)22-15(26)12(23-24)14(19)20;2-1(3)4/h3-6,15H,1-2H3,(H,23,26,27);2-5,14,25H,1H3,(H,22,26,27);. The second-order valence-electron chi connectivity index (χ2n) is 12.4. The molecule has 6 aromatic rings. The lowest BCUT2D eigenvalue weighted by atomic mass is 10.3. The van der Waals surface area contributed by atoms with E-state index >= 15 is 0 Å². The van der Waals surface area contributed by atoms with Crippen LogP contribution >= 0.6 is 93.7 Å². The minimum atomic E-state index is -3.80. The third kappa shape index (κ3) is 14.2. The molecule has 0 atom stereocenters. The molecule has 0 aliphatic heterocycles. The van der Waals surface area contributed by atoms with Gasteiger partial charge in [0.1, 0.15) is 9.79 Å². The number of benzene rings is 2. The Morgan fingerprint density at radius 2 is 1.00 bits per heavy atom. The van der Waals surface area contributed by atoms with Crippen LogP contribution in [0.2, 0.25) is 20.1 Å². The van der Waals surface area contributed by atoms with E-state index in [4.69, 9.17) is 60.6 Å². The summed E-state index contributed by atoms with van der Waals surface area (Å²) in [6, 6.07) is 6.44. The molecule has 0 spiro atoms. The fourth-order valence-electron chi connectivity index (χ4n) is 4.87. The number of alkyl halides is 4. The number of hydrogen-bond acceptors (Lipinski definition) is 16. The highest BCUT2D eigenvalue weighted by Gasteiger charge is 2.23. The first-order valence-electron chi connectivity index (χ1n) is 17.0. The molecule has 0 aliphatic carbocycles. The fourth-order valence-corrected chi connectivity index (χ4v) is 7.54. The van der Waals surface area contributed by atoms with Gasteiger partial charge in [-0.3, -0.25) is 19.6 Å². The lowest BCUT2D eigenvalue weighted by Gasteiger charge is -2.13. The van der Waals surface area contributed by atoms with Gasteiger partial charge in [0.25, 0.3) is 24.0 Å². The highest BCUT2D eigenvalue weighted by atomic mass is 79.9. The summed E-state index contributed by atoms with van der Waals surface area (Å²) in [5.41, 5.74) is -7.56. The van der Waals surface area contributed by atoms with Crippen molar-refractivity contribution in [3.05, 3.63) is 122 Å². The second kappa shape index (κ2) is 22.7. The quantitative estimate of drug-likeness (QED) is 0.0843. The van der Waals surface area contributed by atoms with E-state index in [1.54, 1.807) is 9.97 Å². The largest absolute Gasteiger partial charge is 0.505 e. The molecule has 358 valence electrons. The topological polar surface area (TPSA) is 277 Å². The van der Waals surface area contributed by atoms with Crippen LogP contribution in [0.1, 0.15) is 24.2 Å². The summed E-state index contributed by atoms with van der Waals surface area (Å²) in [6.45, 7) is 0. The number of sulfone groups is 2. The van der Waals surface area contributed by atoms with E-state index in [1.807, 2.05) is 0 Å². The normalized spacial score (nSPS) is 11.3. The maximum Gasteiger partial charge on any atom is 0.369 e. The van der Waals surface area contributed by atoms with Gasteiger partial charge < -0.3 is 19.3 Å². The minimum Gasteiger partial charge on any atom is -0.505 e. The van der Waals surface area contributed by atoms with Crippen molar-refractivity contribution in [2.75, 3.05) is 19.6 Å². The predicted molar refractivity (Wildman–Crippen MR) is 246 cm³/mol. The van der Waals surface area contributed by atoms with E-state index in [0.717, 1.165) is 61.3 Å². The summed E-state index contributed by atoms with van der Waals surface area (Å²) in [5, 5.41) is 15.5. The van der Waals surface area contributed by atoms with Gasteiger partial charge in [0, 0.05) is 24.6 Å². The molecular formula is C33H22BBr3Cl4F4N8O12S2. The number of rotatable bonds is 11. The number of aromatic nitrogens is 8. The molecule has 3 N–H and O–H groups in total. The zero-order chi connectivity index (χ0) is 50.5. The first-order valence-corrected chi connectivity index (χ1v) is 25.0. The SMILES string of the molecule is BrB(Br)Br.COc1cnc(Oc2c(Cl)cc(-n3nc(C(F)F)c(=O)[nH]c3=O)cc2Cl)cc1S(C)(=O)=O.CS(=O)(=O)c1cc(Oc2c(Cl)cc(-n3nc(C(F)F)c(=O)[nH]c3=O)cc2Cl)ncc1O. The van der Waals surface area contributed by atoms with Crippen LogP contribution in [0.25, 0.3) is 11.4 Å². The van der Waals surface area contributed by atoms with Crippen LogP contribution in [0.3, 0.4) is 0 Å². The molecule has 0 saturated carbocycles. The first kappa shape index (κ1) is 55.0. The van der Waals surface area contributed by atoms with E-state index in [2.05, 4.69) is 67.4 Å². The van der Waals surface area contributed by atoms with Crippen molar-refractivity contribution >= 4 is 117 Å². The Balaban J connectivity index is 0.000000271. The van der Waals surface area contributed by atoms with E-state index in [-0.39, 0.29) is 68.6 Å². The molecule has 0 unspecified atom stereocenters. The van der Waals surface area contributed by atoms with E-state index < -0.39 is 77.1 Å². The van der Waals surface area contributed by atoms with Gasteiger partial charge >= 0.3 is 14.6 Å². The number of hydrogen-bond donors (Lipinski definition) is 3. The molecule has 0 radical (unpaired) electrons. The van der Waals surface area contributed by atoms with Crippen LogP contribution in [0.15, 0.2) is 77.8 Å². The molecule has 34 heteroatoms. The van der Waals surface area contributed by atoms with Crippen LogP contribution in [-0.2, 0) is 19.7 Å². The van der Waals surface area contributed by atoms with Crippen LogP contribution in [0, 0.1) is 0 Å². The maximum absolute atomic E-state index is 13.0. The molecule has 0 amide bonds. The molecule has 0 fully saturated rings. The number of nitrogens with one attached hydrogen (secondary N) is 2. The highest BCUT2D eigenvalue weighted by molar-refractivity contribution is 9.69. The van der Waals surface area contributed by atoms with Gasteiger partial charge in [0.2, 0.25) is 11.8 Å². The average Bonchev–Trinajstić information content (AvgIpc) is 3.20. The van der Waals surface area contributed by atoms with E-state index in [0.29, 0.717) is 9.36 Å². The number of aromatic amines is 2. The zero-order valence-corrected chi connectivity index (χ0v) is 42.4. The predicted octanol–water partition coefficient (Wildman–Crippen LogP) is 7.38. The Kier molecular flexibility index (Phi) is 18.7.